The fourth-order valence-electron chi connectivity index (χ4n) is 2.47. The molecule has 2 rings (SSSR count). The van der Waals surface area contributed by atoms with Crippen LogP contribution in [0.2, 0.25) is 0 Å². The zero-order valence-corrected chi connectivity index (χ0v) is 14.1. The first-order valence-electron chi connectivity index (χ1n) is 8.20. The van der Waals surface area contributed by atoms with Crippen LogP contribution >= 0.6 is 0 Å². The number of carbonyl (C=O) groups is 2. The van der Waals surface area contributed by atoms with Gasteiger partial charge in [-0.2, -0.15) is 0 Å². The molecule has 8 nitrogen and oxygen atoms in total. The lowest BCUT2D eigenvalue weighted by Gasteiger charge is -2.31. The number of pyridine rings is 1. The van der Waals surface area contributed by atoms with Gasteiger partial charge in [-0.05, 0) is 38.8 Å². The first kappa shape index (κ1) is 17.8. The van der Waals surface area contributed by atoms with Gasteiger partial charge in [0, 0.05) is 19.1 Å². The number of ether oxygens (including phenoxy) is 2. The van der Waals surface area contributed by atoms with Crippen LogP contribution in [-0.4, -0.2) is 54.4 Å². The van der Waals surface area contributed by atoms with Gasteiger partial charge in [0.25, 0.3) is 0 Å². The summed E-state index contributed by atoms with van der Waals surface area (Å²) >= 11 is 0. The maximum absolute atomic E-state index is 11.7. The summed E-state index contributed by atoms with van der Waals surface area (Å²) in [6.07, 6.45) is 2.51. The molecule has 0 atom stereocenters. The predicted molar refractivity (Wildman–Crippen MR) is 90.1 cm³/mol. The quantitative estimate of drug-likeness (QED) is 0.859. The second kappa shape index (κ2) is 8.95. The highest BCUT2D eigenvalue weighted by atomic mass is 16.6. The van der Waals surface area contributed by atoms with Crippen LogP contribution < -0.4 is 10.6 Å². The fourth-order valence-corrected chi connectivity index (χ4v) is 2.47. The van der Waals surface area contributed by atoms with Gasteiger partial charge in [-0.25, -0.2) is 14.6 Å². The fraction of sp³-hybridized carbons (Fsp3) is 0.562. The van der Waals surface area contributed by atoms with E-state index in [1.165, 1.54) is 0 Å². The molecule has 8 heteroatoms. The molecule has 1 fully saturated rings. The molecule has 0 bridgehead atoms. The number of nitrogens with one attached hydrogen (secondary N) is 2. The molecular formula is C16H24N4O4. The molecule has 1 aliphatic heterocycles. The number of piperidine rings is 1. The molecular weight excluding hydrogens is 312 g/mol. The Kier molecular flexibility index (Phi) is 6.65. The van der Waals surface area contributed by atoms with Gasteiger partial charge in [-0.3, -0.25) is 5.32 Å². The zero-order chi connectivity index (χ0) is 17.4. The summed E-state index contributed by atoms with van der Waals surface area (Å²) in [7, 11) is 0. The van der Waals surface area contributed by atoms with E-state index >= 15 is 0 Å². The number of anilines is 2. The van der Waals surface area contributed by atoms with Crippen LogP contribution in [0.15, 0.2) is 18.3 Å². The maximum Gasteiger partial charge on any atom is 0.411 e. The van der Waals surface area contributed by atoms with E-state index in [0.29, 0.717) is 32.0 Å². The molecule has 0 saturated carbocycles. The molecule has 2 amide bonds. The van der Waals surface area contributed by atoms with Gasteiger partial charge in [-0.1, -0.05) is 0 Å². The van der Waals surface area contributed by atoms with Crippen LogP contribution in [0.3, 0.4) is 0 Å². The maximum atomic E-state index is 11.7. The number of hydrogen-bond acceptors (Lipinski definition) is 6. The minimum Gasteiger partial charge on any atom is -0.450 e. The number of amides is 2. The van der Waals surface area contributed by atoms with Gasteiger partial charge in [-0.15, -0.1) is 0 Å². The largest absolute Gasteiger partial charge is 0.450 e. The zero-order valence-electron chi connectivity index (χ0n) is 14.1. The van der Waals surface area contributed by atoms with Crippen molar-refractivity contribution >= 4 is 23.7 Å². The summed E-state index contributed by atoms with van der Waals surface area (Å²) in [6, 6.07) is 3.83. The van der Waals surface area contributed by atoms with Gasteiger partial charge in [0.1, 0.15) is 5.82 Å². The topological polar surface area (TPSA) is 92.8 Å². The average Bonchev–Trinajstić information content (AvgIpc) is 2.58. The van der Waals surface area contributed by atoms with Crippen molar-refractivity contribution in [2.75, 3.05) is 36.9 Å². The minimum atomic E-state index is -0.494. The number of rotatable bonds is 5. The highest BCUT2D eigenvalue weighted by molar-refractivity contribution is 5.84. The molecule has 0 unspecified atom stereocenters. The van der Waals surface area contributed by atoms with E-state index in [1.54, 1.807) is 37.1 Å². The minimum absolute atomic E-state index is 0.247. The predicted octanol–water partition coefficient (Wildman–Crippen LogP) is 2.68. The molecule has 0 radical (unpaired) electrons. The van der Waals surface area contributed by atoms with Crippen molar-refractivity contribution in [3.8, 4) is 0 Å². The molecule has 1 aromatic rings. The molecule has 0 aromatic carbocycles. The number of carbonyl (C=O) groups excluding carboxylic acids is 2. The second-order valence-corrected chi connectivity index (χ2v) is 5.38. The molecule has 24 heavy (non-hydrogen) atoms. The summed E-state index contributed by atoms with van der Waals surface area (Å²) < 4.78 is 9.81. The summed E-state index contributed by atoms with van der Waals surface area (Å²) in [4.78, 5) is 29.0. The van der Waals surface area contributed by atoms with Gasteiger partial charge < -0.3 is 19.7 Å². The smallest absolute Gasteiger partial charge is 0.411 e. The molecule has 0 aliphatic carbocycles. The Morgan fingerprint density at radius 3 is 2.50 bits per heavy atom. The van der Waals surface area contributed by atoms with E-state index < -0.39 is 6.09 Å². The highest BCUT2D eigenvalue weighted by Crippen LogP contribution is 2.17. The lowest BCUT2D eigenvalue weighted by Crippen LogP contribution is -2.42. The third-order valence-electron chi connectivity index (χ3n) is 3.66. The van der Waals surface area contributed by atoms with Gasteiger partial charge in [0.05, 0.1) is 25.1 Å². The Bertz CT molecular complexity index is 542. The SMILES string of the molecule is CCOC(=O)Nc1ccc(NC2CCN(C(=O)OCC)CC2)nc1. The monoisotopic (exact) mass is 336 g/mol. The van der Waals surface area contributed by atoms with Crippen LogP contribution in [0.25, 0.3) is 0 Å². The van der Waals surface area contributed by atoms with E-state index in [-0.39, 0.29) is 12.1 Å². The average molecular weight is 336 g/mol. The van der Waals surface area contributed by atoms with Gasteiger partial charge in [0.15, 0.2) is 0 Å². The number of nitrogens with zero attached hydrogens (tertiary/aromatic N) is 2. The van der Waals surface area contributed by atoms with E-state index in [0.717, 1.165) is 18.7 Å². The second-order valence-electron chi connectivity index (χ2n) is 5.38. The van der Waals surface area contributed by atoms with Crippen molar-refractivity contribution in [1.82, 2.24) is 9.88 Å². The Balaban J connectivity index is 1.78. The van der Waals surface area contributed by atoms with Crippen LogP contribution in [0, 0.1) is 0 Å². The summed E-state index contributed by atoms with van der Waals surface area (Å²) in [5.74, 6) is 0.735. The Morgan fingerprint density at radius 1 is 1.21 bits per heavy atom. The van der Waals surface area contributed by atoms with Crippen molar-refractivity contribution in [2.24, 2.45) is 0 Å². The molecule has 1 aliphatic rings. The van der Waals surface area contributed by atoms with Crippen molar-refractivity contribution in [3.05, 3.63) is 18.3 Å². The summed E-state index contributed by atoms with van der Waals surface area (Å²) in [5, 5.41) is 5.94. The van der Waals surface area contributed by atoms with Crippen LogP contribution in [0.5, 0.6) is 0 Å². The van der Waals surface area contributed by atoms with Crippen LogP contribution in [0.1, 0.15) is 26.7 Å². The molecule has 132 valence electrons. The number of aromatic nitrogens is 1. The van der Waals surface area contributed by atoms with E-state index in [1.807, 2.05) is 0 Å². The van der Waals surface area contributed by atoms with E-state index in [2.05, 4.69) is 15.6 Å². The Labute approximate surface area is 141 Å². The van der Waals surface area contributed by atoms with Crippen LogP contribution in [-0.2, 0) is 9.47 Å². The van der Waals surface area contributed by atoms with Gasteiger partial charge >= 0.3 is 12.2 Å². The standard InChI is InChI=1S/C16H24N4O4/c1-3-23-15(21)19-13-5-6-14(17-11-13)18-12-7-9-20(10-8-12)16(22)24-4-2/h5-6,11-12H,3-4,7-10H2,1-2H3,(H,17,18)(H,19,21). The number of likely N-dealkylation sites (tertiary alicyclic amines) is 1. The molecule has 2 N–H and O–H groups in total. The summed E-state index contributed by atoms with van der Waals surface area (Å²) in [6.45, 7) is 5.60. The van der Waals surface area contributed by atoms with E-state index in [9.17, 15) is 9.59 Å². The lowest BCUT2D eigenvalue weighted by atomic mass is 10.1. The third-order valence-corrected chi connectivity index (χ3v) is 3.66. The molecule has 1 aromatic heterocycles. The molecule has 0 spiro atoms. The van der Waals surface area contributed by atoms with Crippen molar-refractivity contribution in [2.45, 2.75) is 32.7 Å². The van der Waals surface area contributed by atoms with Crippen LogP contribution in [0.4, 0.5) is 21.1 Å². The van der Waals surface area contributed by atoms with E-state index in [4.69, 9.17) is 9.47 Å². The first-order valence-corrected chi connectivity index (χ1v) is 8.20. The normalized spacial score (nSPS) is 14.8. The van der Waals surface area contributed by atoms with Crippen molar-refractivity contribution < 1.29 is 19.1 Å². The van der Waals surface area contributed by atoms with Crippen molar-refractivity contribution in [1.29, 1.82) is 0 Å². The molecule has 2 heterocycles. The highest BCUT2D eigenvalue weighted by Gasteiger charge is 2.23. The van der Waals surface area contributed by atoms with Crippen molar-refractivity contribution in [3.63, 3.8) is 0 Å². The Morgan fingerprint density at radius 2 is 1.92 bits per heavy atom. The lowest BCUT2D eigenvalue weighted by molar-refractivity contribution is 0.0983. The molecule has 1 saturated heterocycles. The summed E-state index contributed by atoms with van der Waals surface area (Å²) in [5.41, 5.74) is 0.580. The Hall–Kier alpha value is -2.51. The number of hydrogen-bond donors (Lipinski definition) is 2. The van der Waals surface area contributed by atoms with Gasteiger partial charge in [0.2, 0.25) is 0 Å². The third kappa shape index (κ3) is 5.29. The first-order chi connectivity index (χ1) is 11.6.